The fourth-order valence-electron chi connectivity index (χ4n) is 2.66. The first-order chi connectivity index (χ1) is 11.1. The molecule has 2 aromatic rings. The lowest BCUT2D eigenvalue weighted by atomic mass is 10.1. The topological polar surface area (TPSA) is 49.4 Å². The highest BCUT2D eigenvalue weighted by Crippen LogP contribution is 2.14. The van der Waals surface area contributed by atoms with E-state index in [2.05, 4.69) is 5.32 Å². The molecule has 1 aliphatic heterocycles. The van der Waals surface area contributed by atoms with Crippen molar-refractivity contribution in [2.45, 2.75) is 18.9 Å². The smallest absolute Gasteiger partial charge is 0.252 e. The van der Waals surface area contributed by atoms with Crippen molar-refractivity contribution in [3.8, 4) is 0 Å². The van der Waals surface area contributed by atoms with Crippen molar-refractivity contribution in [2.75, 3.05) is 13.1 Å². The molecule has 0 bridgehead atoms. The second-order valence-electron chi connectivity index (χ2n) is 5.60. The molecular formula is C17H17FN2O2S. The number of likely N-dealkylation sites (tertiary alicyclic amines) is 1. The van der Waals surface area contributed by atoms with E-state index in [0.29, 0.717) is 31.5 Å². The minimum absolute atomic E-state index is 0.0442. The first kappa shape index (κ1) is 15.7. The van der Waals surface area contributed by atoms with Crippen LogP contribution in [0, 0.1) is 5.82 Å². The van der Waals surface area contributed by atoms with Gasteiger partial charge >= 0.3 is 0 Å². The van der Waals surface area contributed by atoms with Crippen molar-refractivity contribution < 1.29 is 14.0 Å². The van der Waals surface area contributed by atoms with E-state index in [4.69, 9.17) is 0 Å². The molecule has 3 rings (SSSR count). The Kier molecular flexibility index (Phi) is 4.71. The van der Waals surface area contributed by atoms with Crippen LogP contribution in [0.2, 0.25) is 0 Å². The van der Waals surface area contributed by atoms with Gasteiger partial charge in [-0.3, -0.25) is 9.59 Å². The first-order valence-electron chi connectivity index (χ1n) is 7.47. The van der Waals surface area contributed by atoms with Crippen LogP contribution in [0.15, 0.2) is 41.1 Å². The van der Waals surface area contributed by atoms with Crippen LogP contribution < -0.4 is 5.32 Å². The molecule has 23 heavy (non-hydrogen) atoms. The largest absolute Gasteiger partial charge is 0.347 e. The minimum Gasteiger partial charge on any atom is -0.347 e. The number of rotatable bonds is 5. The Morgan fingerprint density at radius 2 is 2.09 bits per heavy atom. The molecule has 2 amide bonds. The summed E-state index contributed by atoms with van der Waals surface area (Å²) in [7, 11) is 0. The zero-order chi connectivity index (χ0) is 16.2. The number of hydrogen-bond donors (Lipinski definition) is 1. The monoisotopic (exact) mass is 332 g/mol. The lowest BCUT2D eigenvalue weighted by Crippen LogP contribution is -2.37. The highest BCUT2D eigenvalue weighted by atomic mass is 32.1. The van der Waals surface area contributed by atoms with Gasteiger partial charge in [0.2, 0.25) is 5.91 Å². The molecule has 1 aromatic carbocycles. The summed E-state index contributed by atoms with van der Waals surface area (Å²) in [5.41, 5.74) is 1.62. The number of amides is 2. The molecule has 0 unspecified atom stereocenters. The Morgan fingerprint density at radius 3 is 2.78 bits per heavy atom. The minimum atomic E-state index is -0.262. The van der Waals surface area contributed by atoms with Gasteiger partial charge in [0.05, 0.1) is 6.04 Å². The van der Waals surface area contributed by atoms with E-state index < -0.39 is 0 Å². The summed E-state index contributed by atoms with van der Waals surface area (Å²) in [6, 6.07) is 7.92. The Hall–Kier alpha value is -2.21. The molecule has 0 saturated carbocycles. The van der Waals surface area contributed by atoms with E-state index in [1.807, 2.05) is 5.38 Å². The average Bonchev–Trinajstić information content (AvgIpc) is 3.17. The molecule has 6 heteroatoms. The molecule has 120 valence electrons. The molecule has 2 heterocycles. The van der Waals surface area contributed by atoms with Gasteiger partial charge in [-0.25, -0.2) is 4.39 Å². The third kappa shape index (κ3) is 3.96. The number of benzene rings is 1. The van der Waals surface area contributed by atoms with Crippen molar-refractivity contribution >= 4 is 23.2 Å². The van der Waals surface area contributed by atoms with Gasteiger partial charge in [-0.15, -0.1) is 0 Å². The summed E-state index contributed by atoms with van der Waals surface area (Å²) in [6.45, 7) is 1.10. The van der Waals surface area contributed by atoms with Crippen LogP contribution in [0.5, 0.6) is 0 Å². The molecule has 1 aliphatic rings. The quantitative estimate of drug-likeness (QED) is 0.914. The Bertz CT molecular complexity index is 685. The van der Waals surface area contributed by atoms with Crippen LogP contribution in [-0.4, -0.2) is 35.8 Å². The molecule has 4 nitrogen and oxygen atoms in total. The Labute approximate surface area is 137 Å². The van der Waals surface area contributed by atoms with Gasteiger partial charge < -0.3 is 10.2 Å². The van der Waals surface area contributed by atoms with Crippen molar-refractivity contribution in [1.29, 1.82) is 0 Å². The zero-order valence-corrected chi connectivity index (χ0v) is 13.3. The molecule has 0 spiro atoms. The predicted molar refractivity (Wildman–Crippen MR) is 86.9 cm³/mol. The SMILES string of the molecule is O=C(N[C@@H]1CC(=O)N(CCc2ccc(F)cc2)C1)c1ccsc1. The summed E-state index contributed by atoms with van der Waals surface area (Å²) in [5.74, 6) is -0.352. The van der Waals surface area contributed by atoms with E-state index in [1.165, 1.54) is 23.5 Å². The molecule has 1 fully saturated rings. The maximum Gasteiger partial charge on any atom is 0.252 e. The number of hydrogen-bond acceptors (Lipinski definition) is 3. The summed E-state index contributed by atoms with van der Waals surface area (Å²) in [6.07, 6.45) is 1.01. The van der Waals surface area contributed by atoms with Gasteiger partial charge in [-0.1, -0.05) is 12.1 Å². The summed E-state index contributed by atoms with van der Waals surface area (Å²) >= 11 is 1.47. The van der Waals surface area contributed by atoms with Gasteiger partial charge in [-0.2, -0.15) is 11.3 Å². The van der Waals surface area contributed by atoms with E-state index in [1.54, 1.807) is 28.5 Å². The van der Waals surface area contributed by atoms with Crippen LogP contribution >= 0.6 is 11.3 Å². The second-order valence-corrected chi connectivity index (χ2v) is 6.38. The average molecular weight is 332 g/mol. The van der Waals surface area contributed by atoms with E-state index in [-0.39, 0.29) is 23.7 Å². The summed E-state index contributed by atoms with van der Waals surface area (Å²) in [4.78, 5) is 25.8. The highest BCUT2D eigenvalue weighted by molar-refractivity contribution is 7.08. The van der Waals surface area contributed by atoms with E-state index in [0.717, 1.165) is 5.56 Å². The standard InChI is InChI=1S/C17H17FN2O2S/c18-14-3-1-12(2-4-14)5-7-20-10-15(9-16(20)21)19-17(22)13-6-8-23-11-13/h1-4,6,8,11,15H,5,7,9-10H2,(H,19,22)/t15-/m1/s1. The third-order valence-corrected chi connectivity index (χ3v) is 4.60. The van der Waals surface area contributed by atoms with Crippen molar-refractivity contribution in [2.24, 2.45) is 0 Å². The molecule has 1 saturated heterocycles. The number of carbonyl (C=O) groups excluding carboxylic acids is 2. The Balaban J connectivity index is 1.51. The number of halogens is 1. The normalized spacial score (nSPS) is 17.5. The van der Waals surface area contributed by atoms with Gasteiger partial charge in [0.1, 0.15) is 5.82 Å². The molecule has 1 aromatic heterocycles. The lowest BCUT2D eigenvalue weighted by Gasteiger charge is -2.17. The maximum atomic E-state index is 12.9. The van der Waals surface area contributed by atoms with Crippen molar-refractivity contribution in [3.63, 3.8) is 0 Å². The molecule has 1 atom stereocenters. The Morgan fingerprint density at radius 1 is 1.30 bits per heavy atom. The van der Waals surface area contributed by atoms with Crippen molar-refractivity contribution in [1.82, 2.24) is 10.2 Å². The van der Waals surface area contributed by atoms with Gasteiger partial charge in [0, 0.05) is 30.5 Å². The number of carbonyl (C=O) groups is 2. The predicted octanol–water partition coefficient (Wildman–Crippen LogP) is 2.46. The van der Waals surface area contributed by atoms with Gasteiger partial charge in [0.15, 0.2) is 0 Å². The second kappa shape index (κ2) is 6.91. The van der Waals surface area contributed by atoms with Gasteiger partial charge in [0.25, 0.3) is 5.91 Å². The van der Waals surface area contributed by atoms with Crippen LogP contribution in [-0.2, 0) is 11.2 Å². The lowest BCUT2D eigenvalue weighted by molar-refractivity contribution is -0.127. The first-order valence-corrected chi connectivity index (χ1v) is 8.41. The van der Waals surface area contributed by atoms with Crippen LogP contribution in [0.4, 0.5) is 4.39 Å². The van der Waals surface area contributed by atoms with Crippen LogP contribution in [0.1, 0.15) is 22.3 Å². The fourth-order valence-corrected chi connectivity index (χ4v) is 3.30. The molecule has 1 N–H and O–H groups in total. The summed E-state index contributed by atoms with van der Waals surface area (Å²) < 4.78 is 12.9. The van der Waals surface area contributed by atoms with E-state index >= 15 is 0 Å². The molecule has 0 aliphatic carbocycles. The van der Waals surface area contributed by atoms with Crippen molar-refractivity contribution in [3.05, 3.63) is 58.0 Å². The maximum absolute atomic E-state index is 12.9. The molecule has 0 radical (unpaired) electrons. The van der Waals surface area contributed by atoms with Gasteiger partial charge in [-0.05, 0) is 35.6 Å². The molecular weight excluding hydrogens is 315 g/mol. The number of thiophene rings is 1. The third-order valence-electron chi connectivity index (χ3n) is 3.92. The fraction of sp³-hybridized carbons (Fsp3) is 0.294. The zero-order valence-electron chi connectivity index (χ0n) is 12.5. The number of nitrogens with zero attached hydrogens (tertiary/aromatic N) is 1. The van der Waals surface area contributed by atoms with E-state index in [9.17, 15) is 14.0 Å². The summed E-state index contributed by atoms with van der Waals surface area (Å²) in [5, 5.41) is 6.54. The highest BCUT2D eigenvalue weighted by Gasteiger charge is 2.30. The number of nitrogens with one attached hydrogen (secondary N) is 1. The van der Waals surface area contributed by atoms with Crippen LogP contribution in [0.25, 0.3) is 0 Å². The van der Waals surface area contributed by atoms with Crippen LogP contribution in [0.3, 0.4) is 0 Å².